The lowest BCUT2D eigenvalue weighted by molar-refractivity contribution is 0.101. The third kappa shape index (κ3) is 3.51. The monoisotopic (exact) mass is 241 g/mol. The molecule has 2 rings (SSSR count). The highest BCUT2D eigenvalue weighted by Gasteiger charge is 2.23. The molecule has 0 aromatic carbocycles. The summed E-state index contributed by atoms with van der Waals surface area (Å²) < 4.78 is 17.8. The van der Waals surface area contributed by atoms with E-state index in [1.54, 1.807) is 6.20 Å². The van der Waals surface area contributed by atoms with Gasteiger partial charge in [0.2, 0.25) is 0 Å². The van der Waals surface area contributed by atoms with Gasteiger partial charge in [0.15, 0.2) is 6.39 Å². The van der Waals surface area contributed by atoms with Crippen LogP contribution in [0.1, 0.15) is 18.6 Å². The quantitative estimate of drug-likeness (QED) is 0.783. The Hall–Kier alpha value is -0.940. The first-order valence-corrected chi connectivity index (χ1v) is 6.15. The number of halogens is 1. The number of oxazole rings is 1. The van der Waals surface area contributed by atoms with E-state index in [9.17, 15) is 4.39 Å². The van der Waals surface area contributed by atoms with Crippen molar-refractivity contribution in [2.24, 2.45) is 0 Å². The first-order valence-electron chi connectivity index (χ1n) is 6.15. The van der Waals surface area contributed by atoms with Crippen molar-refractivity contribution in [2.45, 2.75) is 25.4 Å². The molecule has 17 heavy (non-hydrogen) atoms. The number of aromatic nitrogens is 1. The molecule has 1 aromatic heterocycles. The second-order valence-corrected chi connectivity index (χ2v) is 4.66. The summed E-state index contributed by atoms with van der Waals surface area (Å²) >= 11 is 0. The van der Waals surface area contributed by atoms with Crippen molar-refractivity contribution in [2.75, 3.05) is 33.4 Å². The van der Waals surface area contributed by atoms with Gasteiger partial charge >= 0.3 is 0 Å². The minimum Gasteiger partial charge on any atom is -0.447 e. The molecule has 1 aliphatic rings. The van der Waals surface area contributed by atoms with Crippen molar-refractivity contribution in [1.82, 2.24) is 14.8 Å². The van der Waals surface area contributed by atoms with Crippen LogP contribution in [-0.2, 0) is 6.54 Å². The maximum absolute atomic E-state index is 12.6. The Kier molecular flexibility index (Phi) is 4.50. The first kappa shape index (κ1) is 12.5. The molecule has 1 aliphatic heterocycles. The van der Waals surface area contributed by atoms with Crippen molar-refractivity contribution < 1.29 is 8.81 Å². The number of piperidine rings is 1. The molecule has 4 nitrogen and oxygen atoms in total. The number of rotatable bonds is 5. The molecular formula is C12H20FN3O. The normalized spacial score (nSPS) is 19.0. The first-order chi connectivity index (χ1) is 8.29. The zero-order valence-electron chi connectivity index (χ0n) is 10.3. The maximum Gasteiger partial charge on any atom is 0.180 e. The van der Waals surface area contributed by atoms with Crippen LogP contribution in [0.15, 0.2) is 17.0 Å². The van der Waals surface area contributed by atoms with Crippen molar-refractivity contribution in [3.05, 3.63) is 18.4 Å². The van der Waals surface area contributed by atoms with Crippen LogP contribution in [0.2, 0.25) is 0 Å². The lowest BCUT2D eigenvalue weighted by atomic mass is 10.0. The summed E-state index contributed by atoms with van der Waals surface area (Å²) in [5.41, 5.74) is 0. The lowest BCUT2D eigenvalue weighted by Gasteiger charge is -2.36. The average molecular weight is 241 g/mol. The molecule has 0 saturated carbocycles. The zero-order valence-corrected chi connectivity index (χ0v) is 10.3. The fraction of sp³-hybridized carbons (Fsp3) is 0.750. The second kappa shape index (κ2) is 6.12. The molecule has 0 atom stereocenters. The van der Waals surface area contributed by atoms with Crippen LogP contribution >= 0.6 is 0 Å². The maximum atomic E-state index is 12.6. The molecule has 2 heterocycles. The SMILES string of the molecule is CN1CCC(N(CCF)Cc2cnco2)CC1. The van der Waals surface area contributed by atoms with E-state index in [1.807, 2.05) is 0 Å². The predicted molar refractivity (Wildman–Crippen MR) is 63.4 cm³/mol. The van der Waals surface area contributed by atoms with Gasteiger partial charge in [-0.1, -0.05) is 0 Å². The third-order valence-electron chi connectivity index (χ3n) is 3.42. The molecule has 0 unspecified atom stereocenters. The van der Waals surface area contributed by atoms with Gasteiger partial charge in [0.1, 0.15) is 12.4 Å². The molecule has 1 aromatic rings. The molecule has 0 bridgehead atoms. The van der Waals surface area contributed by atoms with Gasteiger partial charge in [-0.15, -0.1) is 0 Å². The Morgan fingerprint density at radius 1 is 1.53 bits per heavy atom. The Morgan fingerprint density at radius 2 is 2.29 bits per heavy atom. The number of likely N-dealkylation sites (tertiary alicyclic amines) is 1. The smallest absolute Gasteiger partial charge is 0.180 e. The molecule has 1 saturated heterocycles. The highest BCUT2D eigenvalue weighted by atomic mass is 19.1. The largest absolute Gasteiger partial charge is 0.447 e. The summed E-state index contributed by atoms with van der Waals surface area (Å²) in [6, 6.07) is 0.465. The minimum absolute atomic E-state index is 0.305. The van der Waals surface area contributed by atoms with Crippen LogP contribution < -0.4 is 0 Å². The van der Waals surface area contributed by atoms with E-state index in [1.165, 1.54) is 6.39 Å². The number of alkyl halides is 1. The van der Waals surface area contributed by atoms with E-state index in [-0.39, 0.29) is 6.67 Å². The van der Waals surface area contributed by atoms with E-state index in [4.69, 9.17) is 4.42 Å². The molecule has 1 fully saturated rings. The highest BCUT2D eigenvalue weighted by Crippen LogP contribution is 2.17. The van der Waals surface area contributed by atoms with Crippen LogP contribution in [0.5, 0.6) is 0 Å². The number of hydrogen-bond donors (Lipinski definition) is 0. The Bertz CT molecular complexity index is 310. The van der Waals surface area contributed by atoms with Crippen LogP contribution in [0.4, 0.5) is 4.39 Å². The Balaban J connectivity index is 1.92. The Morgan fingerprint density at radius 3 is 2.88 bits per heavy atom. The van der Waals surface area contributed by atoms with E-state index in [2.05, 4.69) is 21.8 Å². The van der Waals surface area contributed by atoms with Gasteiger partial charge in [-0.25, -0.2) is 9.37 Å². The predicted octanol–water partition coefficient (Wildman–Crippen LogP) is 1.54. The van der Waals surface area contributed by atoms with Crippen LogP contribution in [0.25, 0.3) is 0 Å². The number of hydrogen-bond acceptors (Lipinski definition) is 4. The third-order valence-corrected chi connectivity index (χ3v) is 3.42. The van der Waals surface area contributed by atoms with Gasteiger partial charge in [0, 0.05) is 12.6 Å². The summed E-state index contributed by atoms with van der Waals surface area (Å²) in [5, 5.41) is 0. The molecule has 0 aliphatic carbocycles. The van der Waals surface area contributed by atoms with Gasteiger partial charge < -0.3 is 9.32 Å². The summed E-state index contributed by atoms with van der Waals surface area (Å²) in [6.45, 7) is 3.02. The molecule has 0 amide bonds. The lowest BCUT2D eigenvalue weighted by Crippen LogP contribution is -2.44. The van der Waals surface area contributed by atoms with Gasteiger partial charge in [-0.3, -0.25) is 4.90 Å². The fourth-order valence-corrected chi connectivity index (χ4v) is 2.38. The Labute approximate surface area is 101 Å². The average Bonchev–Trinajstić information content (AvgIpc) is 2.82. The van der Waals surface area contributed by atoms with E-state index < -0.39 is 0 Å². The van der Waals surface area contributed by atoms with Gasteiger partial charge in [-0.05, 0) is 33.0 Å². The molecular weight excluding hydrogens is 221 g/mol. The fourth-order valence-electron chi connectivity index (χ4n) is 2.38. The van der Waals surface area contributed by atoms with E-state index in [0.29, 0.717) is 19.1 Å². The molecule has 0 radical (unpaired) electrons. The second-order valence-electron chi connectivity index (χ2n) is 4.66. The van der Waals surface area contributed by atoms with Gasteiger partial charge in [0.25, 0.3) is 0 Å². The van der Waals surface area contributed by atoms with Crippen LogP contribution in [0.3, 0.4) is 0 Å². The van der Waals surface area contributed by atoms with Crippen LogP contribution in [0, 0.1) is 0 Å². The van der Waals surface area contributed by atoms with E-state index in [0.717, 1.165) is 31.7 Å². The van der Waals surface area contributed by atoms with Crippen molar-refractivity contribution in [1.29, 1.82) is 0 Å². The minimum atomic E-state index is -0.305. The molecule has 5 heteroatoms. The summed E-state index contributed by atoms with van der Waals surface area (Å²) in [6.07, 6.45) is 5.34. The molecule has 0 N–H and O–H groups in total. The van der Waals surface area contributed by atoms with Gasteiger partial charge in [0.05, 0.1) is 12.7 Å². The highest BCUT2D eigenvalue weighted by molar-refractivity contribution is 4.90. The summed E-state index contributed by atoms with van der Waals surface area (Å²) in [5.74, 6) is 0.817. The van der Waals surface area contributed by atoms with Crippen molar-refractivity contribution in [3.63, 3.8) is 0 Å². The molecule has 0 spiro atoms. The van der Waals surface area contributed by atoms with E-state index >= 15 is 0 Å². The van der Waals surface area contributed by atoms with Crippen molar-refractivity contribution >= 4 is 0 Å². The number of nitrogens with zero attached hydrogens (tertiary/aromatic N) is 3. The standard InChI is InChI=1S/C12H20FN3O/c1-15-5-2-11(3-6-15)16(7-4-13)9-12-8-14-10-17-12/h8,10-11H,2-7,9H2,1H3. The van der Waals surface area contributed by atoms with Gasteiger partial charge in [-0.2, -0.15) is 0 Å². The van der Waals surface area contributed by atoms with Crippen LogP contribution in [-0.4, -0.2) is 54.2 Å². The topological polar surface area (TPSA) is 32.5 Å². The molecule has 96 valence electrons. The summed E-state index contributed by atoms with van der Waals surface area (Å²) in [4.78, 5) is 8.39. The van der Waals surface area contributed by atoms with Crippen molar-refractivity contribution in [3.8, 4) is 0 Å². The summed E-state index contributed by atoms with van der Waals surface area (Å²) in [7, 11) is 2.13. The zero-order chi connectivity index (χ0) is 12.1.